The number of amides is 1. The van der Waals surface area contributed by atoms with Gasteiger partial charge in [-0.3, -0.25) is 4.79 Å². The molecule has 7 nitrogen and oxygen atoms in total. The van der Waals surface area contributed by atoms with Gasteiger partial charge in [-0.15, -0.1) is 0 Å². The molecular formula is C16H18N2O5. The van der Waals surface area contributed by atoms with Crippen LogP contribution in [0.15, 0.2) is 18.2 Å². The predicted octanol–water partition coefficient (Wildman–Crippen LogP) is 1.41. The molecule has 1 fully saturated rings. The first kappa shape index (κ1) is 16.6. The zero-order valence-corrected chi connectivity index (χ0v) is 13.0. The van der Waals surface area contributed by atoms with Crippen molar-refractivity contribution in [3.8, 4) is 17.6 Å². The lowest BCUT2D eigenvalue weighted by molar-refractivity contribution is -0.156. The number of hydrogen-bond acceptors (Lipinski definition) is 5. The van der Waals surface area contributed by atoms with Gasteiger partial charge in [0.15, 0.2) is 18.1 Å². The normalized spacial score (nSPS) is 20.0. The van der Waals surface area contributed by atoms with E-state index in [0.717, 1.165) is 0 Å². The maximum atomic E-state index is 12.3. The van der Waals surface area contributed by atoms with E-state index in [1.165, 1.54) is 18.1 Å². The van der Waals surface area contributed by atoms with Crippen molar-refractivity contribution in [1.29, 1.82) is 5.26 Å². The number of hydrogen-bond donors (Lipinski definition) is 1. The van der Waals surface area contributed by atoms with Crippen LogP contribution in [-0.2, 0) is 9.59 Å². The first-order chi connectivity index (χ1) is 10.9. The molecule has 1 saturated heterocycles. The maximum Gasteiger partial charge on any atom is 0.329 e. The van der Waals surface area contributed by atoms with Gasteiger partial charge in [0.05, 0.1) is 18.7 Å². The van der Waals surface area contributed by atoms with Crippen LogP contribution < -0.4 is 9.47 Å². The van der Waals surface area contributed by atoms with E-state index in [2.05, 4.69) is 0 Å². The molecule has 1 aliphatic heterocycles. The number of carbonyl (C=O) groups excluding carboxylic acids is 1. The number of carboxylic acids is 1. The predicted molar refractivity (Wildman–Crippen MR) is 80.2 cm³/mol. The summed E-state index contributed by atoms with van der Waals surface area (Å²) in [7, 11) is 1.44. The Hall–Kier alpha value is -2.75. The van der Waals surface area contributed by atoms with Crippen molar-refractivity contribution < 1.29 is 24.2 Å². The SMILES string of the molecule is COc1cc(C#N)ccc1OCC(=O)N1CCCC1(C)C(=O)O. The summed E-state index contributed by atoms with van der Waals surface area (Å²) in [6.45, 7) is 1.66. The first-order valence-corrected chi connectivity index (χ1v) is 7.17. The zero-order valence-electron chi connectivity index (χ0n) is 13.0. The highest BCUT2D eigenvalue weighted by molar-refractivity contribution is 5.88. The van der Waals surface area contributed by atoms with E-state index < -0.39 is 11.5 Å². The van der Waals surface area contributed by atoms with Crippen molar-refractivity contribution in [2.75, 3.05) is 20.3 Å². The van der Waals surface area contributed by atoms with Crippen molar-refractivity contribution >= 4 is 11.9 Å². The Labute approximate surface area is 134 Å². The standard InChI is InChI=1S/C16H18N2O5/c1-16(15(20)21)6-3-7-18(16)14(19)10-23-12-5-4-11(9-17)8-13(12)22-2/h4-5,8H,3,6-7,10H2,1-2H3,(H,20,21). The molecule has 2 rings (SSSR count). The first-order valence-electron chi connectivity index (χ1n) is 7.17. The van der Waals surface area contributed by atoms with E-state index in [1.807, 2.05) is 6.07 Å². The Bertz CT molecular complexity index is 667. The van der Waals surface area contributed by atoms with Crippen molar-refractivity contribution in [1.82, 2.24) is 4.90 Å². The molecule has 1 unspecified atom stereocenters. The largest absolute Gasteiger partial charge is 0.493 e. The number of ether oxygens (including phenoxy) is 2. The van der Waals surface area contributed by atoms with Gasteiger partial charge < -0.3 is 19.5 Å². The minimum atomic E-state index is -1.19. The van der Waals surface area contributed by atoms with Crippen LogP contribution in [0.3, 0.4) is 0 Å². The van der Waals surface area contributed by atoms with Crippen LogP contribution in [-0.4, -0.2) is 47.7 Å². The molecule has 1 aliphatic rings. The Morgan fingerprint density at radius 1 is 1.43 bits per heavy atom. The van der Waals surface area contributed by atoms with Gasteiger partial charge in [0.1, 0.15) is 5.54 Å². The molecule has 0 radical (unpaired) electrons. The summed E-state index contributed by atoms with van der Waals surface area (Å²) in [6.07, 6.45) is 1.07. The lowest BCUT2D eigenvalue weighted by Gasteiger charge is -2.31. The Morgan fingerprint density at radius 3 is 2.78 bits per heavy atom. The number of aliphatic carboxylic acids is 1. The molecule has 0 bridgehead atoms. The van der Waals surface area contributed by atoms with Crippen molar-refractivity contribution in [3.63, 3.8) is 0 Å². The average molecular weight is 318 g/mol. The van der Waals surface area contributed by atoms with Crippen molar-refractivity contribution in [2.45, 2.75) is 25.3 Å². The number of methoxy groups -OCH3 is 1. The van der Waals surface area contributed by atoms with Crippen LogP contribution in [0.5, 0.6) is 11.5 Å². The molecule has 1 atom stereocenters. The van der Waals surface area contributed by atoms with Gasteiger partial charge in [0.2, 0.25) is 0 Å². The molecule has 1 heterocycles. The third-order valence-electron chi connectivity index (χ3n) is 4.05. The number of carbonyl (C=O) groups is 2. The number of nitriles is 1. The molecular weight excluding hydrogens is 300 g/mol. The Morgan fingerprint density at radius 2 is 2.17 bits per heavy atom. The lowest BCUT2D eigenvalue weighted by Crippen LogP contribution is -2.52. The highest BCUT2D eigenvalue weighted by atomic mass is 16.5. The minimum Gasteiger partial charge on any atom is -0.493 e. The van der Waals surface area contributed by atoms with Gasteiger partial charge in [-0.05, 0) is 31.9 Å². The van der Waals surface area contributed by atoms with E-state index >= 15 is 0 Å². The van der Waals surface area contributed by atoms with E-state index in [-0.39, 0.29) is 12.5 Å². The van der Waals surface area contributed by atoms with Crippen LogP contribution in [0.1, 0.15) is 25.3 Å². The summed E-state index contributed by atoms with van der Waals surface area (Å²) >= 11 is 0. The monoisotopic (exact) mass is 318 g/mol. The second kappa shape index (κ2) is 6.57. The molecule has 0 aromatic heterocycles. The van der Waals surface area contributed by atoms with Gasteiger partial charge in [-0.2, -0.15) is 5.26 Å². The minimum absolute atomic E-state index is 0.287. The number of nitrogens with zero attached hydrogens (tertiary/aromatic N) is 2. The van der Waals surface area contributed by atoms with Crippen LogP contribution in [0.4, 0.5) is 0 Å². The Balaban J connectivity index is 2.08. The summed E-state index contributed by atoms with van der Waals surface area (Å²) in [5.41, 5.74) is -0.770. The summed E-state index contributed by atoms with van der Waals surface area (Å²) < 4.78 is 10.6. The van der Waals surface area contributed by atoms with Gasteiger partial charge >= 0.3 is 5.97 Å². The smallest absolute Gasteiger partial charge is 0.329 e. The molecule has 1 aromatic carbocycles. The fraction of sp³-hybridized carbons (Fsp3) is 0.438. The fourth-order valence-corrected chi connectivity index (χ4v) is 2.66. The lowest BCUT2D eigenvalue weighted by atomic mass is 9.99. The zero-order chi connectivity index (χ0) is 17.0. The van der Waals surface area contributed by atoms with E-state index in [1.54, 1.807) is 19.1 Å². The van der Waals surface area contributed by atoms with Crippen molar-refractivity contribution in [2.24, 2.45) is 0 Å². The fourth-order valence-electron chi connectivity index (χ4n) is 2.66. The van der Waals surface area contributed by atoms with Crippen LogP contribution in [0.25, 0.3) is 0 Å². The number of likely N-dealkylation sites (tertiary alicyclic amines) is 1. The van der Waals surface area contributed by atoms with Gasteiger partial charge in [0.25, 0.3) is 5.91 Å². The van der Waals surface area contributed by atoms with E-state index in [0.29, 0.717) is 36.4 Å². The van der Waals surface area contributed by atoms with E-state index in [4.69, 9.17) is 14.7 Å². The quantitative estimate of drug-likeness (QED) is 0.881. The highest BCUT2D eigenvalue weighted by Gasteiger charge is 2.45. The second-order valence-electron chi connectivity index (χ2n) is 5.49. The summed E-state index contributed by atoms with van der Waals surface area (Å²) in [4.78, 5) is 25.0. The summed E-state index contributed by atoms with van der Waals surface area (Å²) in [5.74, 6) is -0.728. The van der Waals surface area contributed by atoms with Gasteiger partial charge in [0, 0.05) is 12.6 Å². The second-order valence-corrected chi connectivity index (χ2v) is 5.49. The number of benzene rings is 1. The van der Waals surface area contributed by atoms with Gasteiger partial charge in [-0.1, -0.05) is 0 Å². The number of carboxylic acid groups (broad SMARTS) is 1. The third-order valence-corrected chi connectivity index (χ3v) is 4.05. The Kier molecular flexibility index (Phi) is 4.74. The van der Waals surface area contributed by atoms with Gasteiger partial charge in [-0.25, -0.2) is 4.79 Å². The average Bonchev–Trinajstić information content (AvgIpc) is 2.95. The molecule has 7 heteroatoms. The molecule has 122 valence electrons. The molecule has 0 aliphatic carbocycles. The molecule has 23 heavy (non-hydrogen) atoms. The molecule has 1 aromatic rings. The topological polar surface area (TPSA) is 99.9 Å². The maximum absolute atomic E-state index is 12.3. The summed E-state index contributed by atoms with van der Waals surface area (Å²) in [5, 5.41) is 18.2. The molecule has 1 N–H and O–H groups in total. The molecule has 0 spiro atoms. The summed E-state index contributed by atoms with van der Waals surface area (Å²) in [6, 6.07) is 6.60. The molecule has 0 saturated carbocycles. The van der Waals surface area contributed by atoms with Crippen molar-refractivity contribution in [3.05, 3.63) is 23.8 Å². The highest BCUT2D eigenvalue weighted by Crippen LogP contribution is 2.31. The van der Waals surface area contributed by atoms with Crippen LogP contribution >= 0.6 is 0 Å². The molecule has 1 amide bonds. The van der Waals surface area contributed by atoms with E-state index in [9.17, 15) is 14.7 Å². The van der Waals surface area contributed by atoms with Crippen LogP contribution in [0, 0.1) is 11.3 Å². The third kappa shape index (κ3) is 3.21. The van der Waals surface area contributed by atoms with Crippen LogP contribution in [0.2, 0.25) is 0 Å². The number of rotatable bonds is 5.